The van der Waals surface area contributed by atoms with E-state index in [2.05, 4.69) is 9.97 Å². The van der Waals surface area contributed by atoms with Gasteiger partial charge in [0.15, 0.2) is 17.8 Å². The van der Waals surface area contributed by atoms with Crippen molar-refractivity contribution in [1.29, 1.82) is 0 Å². The highest BCUT2D eigenvalue weighted by atomic mass is 16.3. The molecule has 1 aromatic carbocycles. The van der Waals surface area contributed by atoms with Crippen molar-refractivity contribution in [1.82, 2.24) is 14.5 Å². The lowest BCUT2D eigenvalue weighted by Gasteiger charge is -2.06. The summed E-state index contributed by atoms with van der Waals surface area (Å²) in [4.78, 5) is 19.5. The van der Waals surface area contributed by atoms with Gasteiger partial charge < -0.3 is 4.42 Å². The third-order valence-corrected chi connectivity index (χ3v) is 3.46. The first kappa shape index (κ1) is 12.5. The molecule has 0 bridgehead atoms. The van der Waals surface area contributed by atoms with Gasteiger partial charge in [0.1, 0.15) is 0 Å². The van der Waals surface area contributed by atoms with Crippen LogP contribution < -0.4 is 0 Å². The normalized spacial score (nSPS) is 10.9. The first-order valence-corrected chi connectivity index (χ1v) is 6.80. The van der Waals surface area contributed by atoms with Gasteiger partial charge in [-0.2, -0.15) is 0 Å². The van der Waals surface area contributed by atoms with E-state index >= 15 is 0 Å². The molecule has 3 aromatic heterocycles. The molecule has 0 spiro atoms. The molecule has 4 rings (SSSR count). The van der Waals surface area contributed by atoms with E-state index in [1.807, 2.05) is 34.9 Å². The zero-order chi connectivity index (χ0) is 14.9. The summed E-state index contributed by atoms with van der Waals surface area (Å²) in [7, 11) is 0. The minimum atomic E-state index is 0.292. The van der Waals surface area contributed by atoms with Crippen LogP contribution in [0.25, 0.3) is 28.3 Å². The van der Waals surface area contributed by atoms with Gasteiger partial charge in [-0.25, -0.2) is 9.97 Å². The maximum absolute atomic E-state index is 10.9. The van der Waals surface area contributed by atoms with Crippen molar-refractivity contribution in [2.75, 3.05) is 0 Å². The molecule has 3 heterocycles. The molecule has 5 heteroatoms. The average molecular weight is 289 g/mol. The number of nitrogens with zero attached hydrogens (tertiary/aromatic N) is 3. The van der Waals surface area contributed by atoms with Crippen LogP contribution >= 0.6 is 0 Å². The van der Waals surface area contributed by atoms with Crippen LogP contribution in [0.2, 0.25) is 0 Å². The van der Waals surface area contributed by atoms with Crippen molar-refractivity contribution in [3.8, 4) is 17.4 Å². The van der Waals surface area contributed by atoms with Crippen LogP contribution in [-0.2, 0) is 0 Å². The lowest BCUT2D eigenvalue weighted by atomic mass is 10.2. The summed E-state index contributed by atoms with van der Waals surface area (Å²) >= 11 is 0. The van der Waals surface area contributed by atoms with Gasteiger partial charge >= 0.3 is 0 Å². The highest BCUT2D eigenvalue weighted by Crippen LogP contribution is 2.31. The van der Waals surface area contributed by atoms with Crippen molar-refractivity contribution in [3.63, 3.8) is 0 Å². The van der Waals surface area contributed by atoms with Crippen molar-refractivity contribution in [2.24, 2.45) is 0 Å². The summed E-state index contributed by atoms with van der Waals surface area (Å²) < 4.78 is 7.49. The number of benzene rings is 1. The van der Waals surface area contributed by atoms with Crippen molar-refractivity contribution < 1.29 is 9.21 Å². The fourth-order valence-corrected chi connectivity index (χ4v) is 2.51. The molecule has 0 aliphatic rings. The first-order valence-electron chi connectivity index (χ1n) is 6.80. The van der Waals surface area contributed by atoms with Crippen LogP contribution in [0.5, 0.6) is 0 Å². The molecule has 0 radical (unpaired) electrons. The Morgan fingerprint density at radius 3 is 2.59 bits per heavy atom. The number of hydrogen-bond acceptors (Lipinski definition) is 4. The second-order valence-electron chi connectivity index (χ2n) is 4.79. The van der Waals surface area contributed by atoms with Crippen LogP contribution in [-0.4, -0.2) is 20.8 Å². The zero-order valence-corrected chi connectivity index (χ0v) is 11.5. The molecule has 22 heavy (non-hydrogen) atoms. The van der Waals surface area contributed by atoms with Crippen LogP contribution in [0.1, 0.15) is 10.6 Å². The Bertz CT molecular complexity index is 954. The largest absolute Gasteiger partial charge is 0.452 e. The highest BCUT2D eigenvalue weighted by Gasteiger charge is 2.16. The zero-order valence-electron chi connectivity index (χ0n) is 11.5. The fraction of sp³-hybridized carbons (Fsp3) is 0. The molecule has 0 unspecified atom stereocenters. The molecule has 0 amide bonds. The number of hydrogen-bond donors (Lipinski definition) is 0. The maximum Gasteiger partial charge on any atom is 0.234 e. The molecule has 0 saturated carbocycles. The van der Waals surface area contributed by atoms with Gasteiger partial charge in [0.25, 0.3) is 0 Å². The molecule has 0 atom stereocenters. The molecule has 5 nitrogen and oxygen atoms in total. The van der Waals surface area contributed by atoms with Gasteiger partial charge in [-0.15, -0.1) is 0 Å². The van der Waals surface area contributed by atoms with Crippen molar-refractivity contribution in [2.45, 2.75) is 0 Å². The molecule has 0 saturated heterocycles. The smallest absolute Gasteiger partial charge is 0.234 e. The minimum absolute atomic E-state index is 0.292. The summed E-state index contributed by atoms with van der Waals surface area (Å²) in [6.07, 6.45) is 4.08. The van der Waals surface area contributed by atoms with Crippen molar-refractivity contribution in [3.05, 3.63) is 66.7 Å². The predicted octanol–water partition coefficient (Wildman–Crippen LogP) is 3.49. The number of para-hydroxylation sites is 1. The second kappa shape index (κ2) is 4.96. The third-order valence-electron chi connectivity index (χ3n) is 3.46. The molecule has 0 N–H and O–H groups in total. The molecular formula is C17H11N3O2. The van der Waals surface area contributed by atoms with Gasteiger partial charge in [-0.3, -0.25) is 9.36 Å². The van der Waals surface area contributed by atoms with Crippen LogP contribution in [0, 0.1) is 0 Å². The van der Waals surface area contributed by atoms with Gasteiger partial charge in [0, 0.05) is 17.8 Å². The summed E-state index contributed by atoms with van der Waals surface area (Å²) in [6, 6.07) is 15.1. The van der Waals surface area contributed by atoms with Crippen LogP contribution in [0.15, 0.2) is 65.3 Å². The summed E-state index contributed by atoms with van der Waals surface area (Å²) in [5, 5.41) is 1.05. The number of fused-ring (bicyclic) bond motifs is 1. The predicted molar refractivity (Wildman–Crippen MR) is 82.0 cm³/mol. The van der Waals surface area contributed by atoms with Gasteiger partial charge in [-0.1, -0.05) is 18.2 Å². The summed E-state index contributed by atoms with van der Waals surface area (Å²) in [5.41, 5.74) is 1.79. The number of aromatic nitrogens is 3. The van der Waals surface area contributed by atoms with E-state index in [0.29, 0.717) is 23.8 Å². The van der Waals surface area contributed by atoms with Gasteiger partial charge in [0.05, 0.1) is 11.2 Å². The third kappa shape index (κ3) is 1.91. The number of furan rings is 1. The lowest BCUT2D eigenvalue weighted by Crippen LogP contribution is -2.01. The fourth-order valence-electron chi connectivity index (χ4n) is 2.51. The standard InChI is InChI=1S/C17H11N3O2/c21-11-13-6-7-16(22-13)15-10-12-4-1-2-5-14(12)20(15)17-18-8-3-9-19-17/h1-11H. The van der Waals surface area contributed by atoms with Crippen molar-refractivity contribution >= 4 is 17.2 Å². The highest BCUT2D eigenvalue weighted by molar-refractivity contribution is 5.88. The number of carbonyl (C=O) groups excluding carboxylic acids is 1. The number of rotatable bonds is 3. The Balaban J connectivity index is 2.03. The van der Waals surface area contributed by atoms with Crippen LogP contribution in [0.4, 0.5) is 0 Å². The average Bonchev–Trinajstić information content (AvgIpc) is 3.19. The SMILES string of the molecule is O=Cc1ccc(-c2cc3ccccc3n2-c2ncccn2)o1. The van der Waals surface area contributed by atoms with E-state index in [1.165, 1.54) is 0 Å². The number of aldehydes is 1. The maximum atomic E-state index is 10.9. The van der Waals surface area contributed by atoms with E-state index in [4.69, 9.17) is 4.42 Å². The van der Waals surface area contributed by atoms with Gasteiger partial charge in [-0.05, 0) is 30.3 Å². The van der Waals surface area contributed by atoms with E-state index in [0.717, 1.165) is 16.6 Å². The summed E-state index contributed by atoms with van der Waals surface area (Å²) in [5.74, 6) is 1.45. The quantitative estimate of drug-likeness (QED) is 0.542. The molecule has 106 valence electrons. The molecule has 0 aliphatic carbocycles. The molecule has 0 fully saturated rings. The van der Waals surface area contributed by atoms with E-state index in [9.17, 15) is 4.79 Å². The lowest BCUT2D eigenvalue weighted by molar-refractivity contribution is 0.110. The Kier molecular flexibility index (Phi) is 2.83. The van der Waals surface area contributed by atoms with Crippen LogP contribution in [0.3, 0.4) is 0 Å². The Morgan fingerprint density at radius 1 is 1.00 bits per heavy atom. The van der Waals surface area contributed by atoms with Gasteiger partial charge in [0.2, 0.25) is 5.95 Å². The molecule has 0 aliphatic heterocycles. The Hall–Kier alpha value is -3.21. The Morgan fingerprint density at radius 2 is 1.82 bits per heavy atom. The van der Waals surface area contributed by atoms with E-state index in [-0.39, 0.29) is 0 Å². The number of carbonyl (C=O) groups is 1. The second-order valence-corrected chi connectivity index (χ2v) is 4.79. The first-order chi connectivity index (χ1) is 10.9. The summed E-state index contributed by atoms with van der Waals surface area (Å²) in [6.45, 7) is 0. The monoisotopic (exact) mass is 289 g/mol. The Labute approximate surface area is 125 Å². The molecule has 4 aromatic rings. The minimum Gasteiger partial charge on any atom is -0.452 e. The molecular weight excluding hydrogens is 278 g/mol. The van der Waals surface area contributed by atoms with E-state index in [1.54, 1.807) is 30.6 Å². The topological polar surface area (TPSA) is 60.9 Å². The van der Waals surface area contributed by atoms with E-state index < -0.39 is 0 Å².